The minimum atomic E-state index is -0.973. The van der Waals surface area contributed by atoms with Gasteiger partial charge in [0.2, 0.25) is 5.91 Å². The average Bonchev–Trinajstić information content (AvgIpc) is 2.60. The van der Waals surface area contributed by atoms with E-state index >= 15 is 0 Å². The molecule has 0 aromatic heterocycles. The van der Waals surface area contributed by atoms with Crippen molar-refractivity contribution in [2.45, 2.75) is 25.1 Å². The summed E-state index contributed by atoms with van der Waals surface area (Å²) in [6, 6.07) is 10.1. The molecule has 3 N–H and O–H groups in total. The van der Waals surface area contributed by atoms with Crippen LogP contribution in [0.5, 0.6) is 0 Å². The first-order valence-corrected chi connectivity index (χ1v) is 9.53. The summed E-state index contributed by atoms with van der Waals surface area (Å²) in [6.07, 6.45) is -0.900. The first-order valence-electron chi connectivity index (χ1n) is 8.74. The number of halogens is 3. The lowest BCUT2D eigenvalue weighted by molar-refractivity contribution is -0.126. The van der Waals surface area contributed by atoms with Gasteiger partial charge in [0, 0.05) is 30.7 Å². The normalized spacial score (nSPS) is 13.2. The van der Waals surface area contributed by atoms with Crippen LogP contribution in [0.3, 0.4) is 0 Å². The number of aliphatic hydroxyl groups excluding tert-OH is 1. The van der Waals surface area contributed by atoms with Gasteiger partial charge < -0.3 is 20.5 Å². The fourth-order valence-electron chi connectivity index (χ4n) is 2.80. The maximum atomic E-state index is 13.5. The number of amides is 1. The highest BCUT2D eigenvalue weighted by Crippen LogP contribution is 2.13. The molecule has 0 fully saturated rings. The van der Waals surface area contributed by atoms with E-state index in [1.165, 1.54) is 19.2 Å². The van der Waals surface area contributed by atoms with E-state index in [0.29, 0.717) is 12.1 Å². The van der Waals surface area contributed by atoms with Crippen molar-refractivity contribution in [3.63, 3.8) is 0 Å². The molecule has 0 bridgehead atoms. The van der Waals surface area contributed by atoms with Gasteiger partial charge in [0.25, 0.3) is 0 Å². The van der Waals surface area contributed by atoms with Crippen molar-refractivity contribution in [2.24, 2.45) is 0 Å². The molecule has 0 aliphatic rings. The number of carbonyl (C=O) groups is 1. The second-order valence-electron chi connectivity index (χ2n) is 6.42. The van der Waals surface area contributed by atoms with Crippen molar-refractivity contribution in [3.05, 3.63) is 69.7 Å². The molecule has 0 saturated carbocycles. The van der Waals surface area contributed by atoms with Crippen LogP contribution in [0.4, 0.5) is 8.78 Å². The van der Waals surface area contributed by atoms with Gasteiger partial charge in [0.15, 0.2) is 0 Å². The summed E-state index contributed by atoms with van der Waals surface area (Å²) in [5, 5.41) is 16.3. The summed E-state index contributed by atoms with van der Waals surface area (Å²) in [4.78, 5) is 11.9. The second-order valence-corrected chi connectivity index (χ2v) is 7.33. The topological polar surface area (TPSA) is 70.6 Å². The molecule has 2 unspecified atom stereocenters. The SMILES string of the molecule is COCC(=O)NC(Cc1cc(F)cc(F)c1)C(O)CNCc1cccc(Br)c1. The molecule has 28 heavy (non-hydrogen) atoms. The third-order valence-corrected chi connectivity index (χ3v) is 4.53. The molecule has 2 rings (SSSR count). The summed E-state index contributed by atoms with van der Waals surface area (Å²) in [7, 11) is 1.38. The highest BCUT2D eigenvalue weighted by molar-refractivity contribution is 9.10. The third-order valence-electron chi connectivity index (χ3n) is 4.04. The number of methoxy groups -OCH3 is 1. The van der Waals surface area contributed by atoms with Gasteiger partial charge in [0.1, 0.15) is 18.2 Å². The molecular weight excluding hydrogens is 434 g/mol. The Morgan fingerprint density at radius 3 is 2.54 bits per heavy atom. The van der Waals surface area contributed by atoms with Gasteiger partial charge in [-0.2, -0.15) is 0 Å². The van der Waals surface area contributed by atoms with Crippen molar-refractivity contribution in [2.75, 3.05) is 20.3 Å². The van der Waals surface area contributed by atoms with E-state index in [1.54, 1.807) is 0 Å². The predicted molar refractivity (Wildman–Crippen MR) is 106 cm³/mol. The molecule has 0 spiro atoms. The van der Waals surface area contributed by atoms with E-state index in [9.17, 15) is 18.7 Å². The molecule has 0 aliphatic carbocycles. The fraction of sp³-hybridized carbons (Fsp3) is 0.350. The molecule has 0 saturated heterocycles. The number of rotatable bonds is 10. The Morgan fingerprint density at radius 2 is 1.89 bits per heavy atom. The number of aliphatic hydroxyl groups is 1. The van der Waals surface area contributed by atoms with Crippen molar-refractivity contribution < 1.29 is 23.4 Å². The standard InChI is InChI=1S/C20H23BrF2N2O3/c1-28-12-20(27)25-18(8-14-6-16(22)9-17(23)7-14)19(26)11-24-10-13-3-2-4-15(21)5-13/h2-7,9,18-19,24,26H,8,10-12H2,1H3,(H,25,27). The lowest BCUT2D eigenvalue weighted by atomic mass is 10.0. The Hall–Kier alpha value is -1.87. The minimum Gasteiger partial charge on any atom is -0.390 e. The number of hydrogen-bond donors (Lipinski definition) is 3. The van der Waals surface area contributed by atoms with Gasteiger partial charge in [-0.25, -0.2) is 8.78 Å². The molecule has 8 heteroatoms. The first-order chi connectivity index (χ1) is 13.4. The van der Waals surface area contributed by atoms with E-state index in [0.717, 1.165) is 16.1 Å². The van der Waals surface area contributed by atoms with Gasteiger partial charge >= 0.3 is 0 Å². The van der Waals surface area contributed by atoms with Crippen LogP contribution in [0.15, 0.2) is 46.9 Å². The minimum absolute atomic E-state index is 0.0733. The van der Waals surface area contributed by atoms with E-state index in [4.69, 9.17) is 4.74 Å². The van der Waals surface area contributed by atoms with Crippen LogP contribution >= 0.6 is 15.9 Å². The molecule has 0 radical (unpaired) electrons. The zero-order valence-electron chi connectivity index (χ0n) is 15.4. The average molecular weight is 457 g/mol. The van der Waals surface area contributed by atoms with Crippen LogP contribution in [0.1, 0.15) is 11.1 Å². The first kappa shape index (κ1) is 22.4. The molecule has 2 atom stereocenters. The van der Waals surface area contributed by atoms with Crippen LogP contribution < -0.4 is 10.6 Å². The molecule has 2 aromatic carbocycles. The van der Waals surface area contributed by atoms with Crippen molar-refractivity contribution in [1.82, 2.24) is 10.6 Å². The monoisotopic (exact) mass is 456 g/mol. The Morgan fingerprint density at radius 1 is 1.18 bits per heavy atom. The smallest absolute Gasteiger partial charge is 0.246 e. The Balaban J connectivity index is 2.00. The number of ether oxygens (including phenoxy) is 1. The summed E-state index contributed by atoms with van der Waals surface area (Å²) in [5.74, 6) is -1.84. The number of hydrogen-bond acceptors (Lipinski definition) is 4. The quantitative estimate of drug-likeness (QED) is 0.513. The molecule has 5 nitrogen and oxygen atoms in total. The second kappa shape index (κ2) is 11.2. The number of benzene rings is 2. The third kappa shape index (κ3) is 7.63. The van der Waals surface area contributed by atoms with Gasteiger partial charge in [0.05, 0.1) is 12.1 Å². The van der Waals surface area contributed by atoms with Gasteiger partial charge in [-0.1, -0.05) is 28.1 Å². The summed E-state index contributed by atoms with van der Waals surface area (Å²) >= 11 is 3.40. The molecule has 0 aliphatic heterocycles. The Labute approximate surface area is 171 Å². The van der Waals surface area contributed by atoms with E-state index in [1.807, 2.05) is 24.3 Å². The van der Waals surface area contributed by atoms with Crippen molar-refractivity contribution in [3.8, 4) is 0 Å². The highest BCUT2D eigenvalue weighted by Gasteiger charge is 2.22. The Kier molecular flexibility index (Phi) is 8.98. The molecule has 0 heterocycles. The molecule has 152 valence electrons. The van der Waals surface area contributed by atoms with E-state index in [-0.39, 0.29) is 19.6 Å². The highest BCUT2D eigenvalue weighted by atomic mass is 79.9. The van der Waals surface area contributed by atoms with Crippen LogP contribution in [0, 0.1) is 11.6 Å². The Bertz CT molecular complexity index is 772. The van der Waals surface area contributed by atoms with Gasteiger partial charge in [-0.3, -0.25) is 4.79 Å². The van der Waals surface area contributed by atoms with Crippen molar-refractivity contribution in [1.29, 1.82) is 0 Å². The van der Waals surface area contributed by atoms with Gasteiger partial charge in [-0.05, 0) is 41.8 Å². The van der Waals surface area contributed by atoms with Crippen LogP contribution in [0.2, 0.25) is 0 Å². The summed E-state index contributed by atoms with van der Waals surface area (Å²) in [5.41, 5.74) is 1.36. The molecule has 2 aromatic rings. The van der Waals surface area contributed by atoms with E-state index < -0.39 is 29.7 Å². The largest absolute Gasteiger partial charge is 0.390 e. The summed E-state index contributed by atoms with van der Waals surface area (Å²) in [6.45, 7) is 0.526. The van der Waals surface area contributed by atoms with Crippen LogP contribution in [-0.4, -0.2) is 43.4 Å². The molecule has 1 amide bonds. The summed E-state index contributed by atoms with van der Waals surface area (Å²) < 4.78 is 32.7. The van der Waals surface area contributed by atoms with Crippen LogP contribution in [-0.2, 0) is 22.5 Å². The van der Waals surface area contributed by atoms with Crippen molar-refractivity contribution >= 4 is 21.8 Å². The molecular formula is C20H23BrF2N2O3. The lowest BCUT2D eigenvalue weighted by Crippen LogP contribution is -2.49. The number of nitrogens with one attached hydrogen (secondary N) is 2. The zero-order chi connectivity index (χ0) is 20.5. The lowest BCUT2D eigenvalue weighted by Gasteiger charge is -2.25. The van der Waals surface area contributed by atoms with Crippen LogP contribution in [0.25, 0.3) is 0 Å². The zero-order valence-corrected chi connectivity index (χ0v) is 17.0. The van der Waals surface area contributed by atoms with E-state index in [2.05, 4.69) is 26.6 Å². The van der Waals surface area contributed by atoms with Gasteiger partial charge in [-0.15, -0.1) is 0 Å². The maximum absolute atomic E-state index is 13.5. The maximum Gasteiger partial charge on any atom is 0.246 e. The fourth-order valence-corrected chi connectivity index (χ4v) is 3.25. The number of carbonyl (C=O) groups excluding carboxylic acids is 1. The predicted octanol–water partition coefficient (Wildman–Crippen LogP) is 2.55.